The fourth-order valence-electron chi connectivity index (χ4n) is 4.54. The number of hydrogen-bond donors (Lipinski definition) is 3. The summed E-state index contributed by atoms with van der Waals surface area (Å²) < 4.78 is 24.8. The van der Waals surface area contributed by atoms with E-state index in [4.69, 9.17) is 12.2 Å². The molecular formula is C20H30F2N3S2+. The van der Waals surface area contributed by atoms with E-state index in [0.717, 1.165) is 12.2 Å². The van der Waals surface area contributed by atoms with Crippen LogP contribution in [-0.2, 0) is 0 Å². The zero-order valence-electron chi connectivity index (χ0n) is 15.7. The number of anilines is 1. The highest BCUT2D eigenvalue weighted by Crippen LogP contribution is 2.27. The van der Waals surface area contributed by atoms with Crippen LogP contribution in [-0.4, -0.2) is 36.0 Å². The number of halogens is 2. The highest BCUT2D eigenvalue weighted by molar-refractivity contribution is 7.99. The molecule has 1 saturated carbocycles. The Kier molecular flexibility index (Phi) is 7.73. The second kappa shape index (κ2) is 10.0. The smallest absolute Gasteiger partial charge is 0.288 e. The molecule has 27 heavy (non-hydrogen) atoms. The van der Waals surface area contributed by atoms with Crippen LogP contribution >= 0.6 is 24.0 Å². The summed E-state index contributed by atoms with van der Waals surface area (Å²) in [6, 6.07) is 6.99. The Morgan fingerprint density at radius 3 is 2.30 bits per heavy atom. The van der Waals surface area contributed by atoms with Crippen molar-refractivity contribution in [2.45, 2.75) is 67.6 Å². The SMILES string of the molecule is FC(F)Sc1ccc(NC(=S)NCC2([NH+]3CCCCC3)CCCCC2)cc1. The lowest BCUT2D eigenvalue weighted by atomic mass is 9.79. The van der Waals surface area contributed by atoms with Crippen molar-refractivity contribution in [2.24, 2.45) is 0 Å². The van der Waals surface area contributed by atoms with Crippen molar-refractivity contribution < 1.29 is 13.7 Å². The summed E-state index contributed by atoms with van der Waals surface area (Å²) in [7, 11) is 0. The number of hydrogen-bond acceptors (Lipinski definition) is 2. The first-order chi connectivity index (χ1) is 13.1. The summed E-state index contributed by atoms with van der Waals surface area (Å²) in [4.78, 5) is 2.32. The second-order valence-corrected chi connectivity index (χ2v) is 9.19. The molecule has 1 aromatic rings. The molecule has 0 aromatic heterocycles. The maximum Gasteiger partial charge on any atom is 0.288 e. The Hall–Kier alpha value is -0.920. The van der Waals surface area contributed by atoms with Crippen molar-refractivity contribution in [1.29, 1.82) is 0 Å². The lowest BCUT2D eigenvalue weighted by Crippen LogP contribution is -3.22. The molecule has 3 rings (SSSR count). The number of piperidine rings is 1. The summed E-state index contributed by atoms with van der Waals surface area (Å²) in [5.74, 6) is -2.39. The van der Waals surface area contributed by atoms with E-state index < -0.39 is 5.76 Å². The molecule has 2 aliphatic rings. The van der Waals surface area contributed by atoms with Crippen LogP contribution < -0.4 is 15.5 Å². The standard InChI is InChI=1S/C20H29F2N3S2/c21-18(22)27-17-9-7-16(8-10-17)24-19(26)23-15-20(11-3-1-4-12-20)25-13-5-2-6-14-25/h7-10,18H,1-6,11-15H2,(H2,23,24,26)/p+1. The molecule has 1 heterocycles. The fourth-order valence-corrected chi connectivity index (χ4v) is 5.23. The van der Waals surface area contributed by atoms with Crippen molar-refractivity contribution in [2.75, 3.05) is 25.0 Å². The molecule has 0 bridgehead atoms. The monoisotopic (exact) mass is 414 g/mol. The van der Waals surface area contributed by atoms with Crippen molar-refractivity contribution in [3.63, 3.8) is 0 Å². The van der Waals surface area contributed by atoms with Gasteiger partial charge in [0.15, 0.2) is 5.11 Å². The van der Waals surface area contributed by atoms with Gasteiger partial charge >= 0.3 is 0 Å². The zero-order chi connectivity index (χ0) is 19.1. The van der Waals surface area contributed by atoms with E-state index in [1.165, 1.54) is 64.5 Å². The fraction of sp³-hybridized carbons (Fsp3) is 0.650. The van der Waals surface area contributed by atoms with Gasteiger partial charge in [0.05, 0.1) is 19.6 Å². The third-order valence-corrected chi connectivity index (χ3v) is 6.91. The second-order valence-electron chi connectivity index (χ2n) is 7.72. The first-order valence-electron chi connectivity index (χ1n) is 10.0. The van der Waals surface area contributed by atoms with Gasteiger partial charge in [-0.3, -0.25) is 0 Å². The number of thioether (sulfide) groups is 1. The first kappa shape index (κ1) is 20.8. The van der Waals surface area contributed by atoms with Crippen LogP contribution in [0.15, 0.2) is 29.2 Å². The maximum absolute atomic E-state index is 12.4. The van der Waals surface area contributed by atoms with E-state index in [0.29, 0.717) is 27.3 Å². The highest BCUT2D eigenvalue weighted by atomic mass is 32.2. The molecule has 1 saturated heterocycles. The van der Waals surface area contributed by atoms with Gasteiger partial charge in [-0.1, -0.05) is 18.2 Å². The van der Waals surface area contributed by atoms with Crippen molar-refractivity contribution in [3.8, 4) is 0 Å². The van der Waals surface area contributed by atoms with Gasteiger partial charge in [-0.2, -0.15) is 8.78 Å². The van der Waals surface area contributed by atoms with Crippen LogP contribution in [0.5, 0.6) is 0 Å². The Balaban J connectivity index is 1.54. The molecule has 0 atom stereocenters. The van der Waals surface area contributed by atoms with Gasteiger partial charge in [0, 0.05) is 23.4 Å². The van der Waals surface area contributed by atoms with E-state index in [9.17, 15) is 8.78 Å². The summed E-state index contributed by atoms with van der Waals surface area (Å²) >= 11 is 6.06. The minimum absolute atomic E-state index is 0.308. The molecule has 0 unspecified atom stereocenters. The molecular weight excluding hydrogens is 384 g/mol. The predicted molar refractivity (Wildman–Crippen MR) is 113 cm³/mol. The van der Waals surface area contributed by atoms with E-state index in [2.05, 4.69) is 10.6 Å². The molecule has 7 heteroatoms. The molecule has 0 radical (unpaired) electrons. The summed E-state index contributed by atoms with van der Waals surface area (Å²) in [6.07, 6.45) is 10.6. The van der Waals surface area contributed by atoms with E-state index in [1.54, 1.807) is 29.2 Å². The molecule has 2 fully saturated rings. The molecule has 3 N–H and O–H groups in total. The maximum atomic E-state index is 12.4. The van der Waals surface area contributed by atoms with Gasteiger partial charge in [-0.15, -0.1) is 0 Å². The van der Waals surface area contributed by atoms with Gasteiger partial charge in [0.1, 0.15) is 5.54 Å². The highest BCUT2D eigenvalue weighted by Gasteiger charge is 2.42. The lowest BCUT2D eigenvalue weighted by Gasteiger charge is -2.45. The van der Waals surface area contributed by atoms with Crippen molar-refractivity contribution in [1.82, 2.24) is 5.32 Å². The Bertz CT molecular complexity index is 598. The van der Waals surface area contributed by atoms with Crippen LogP contribution in [0.4, 0.5) is 14.5 Å². The van der Waals surface area contributed by atoms with Gasteiger partial charge < -0.3 is 15.5 Å². The van der Waals surface area contributed by atoms with Gasteiger partial charge in [0.2, 0.25) is 0 Å². The van der Waals surface area contributed by atoms with Gasteiger partial charge in [0.25, 0.3) is 5.76 Å². The third-order valence-electron chi connectivity index (χ3n) is 5.94. The zero-order valence-corrected chi connectivity index (χ0v) is 17.4. The van der Waals surface area contributed by atoms with Crippen LogP contribution in [0.2, 0.25) is 0 Å². The minimum Gasteiger partial charge on any atom is -0.356 e. The van der Waals surface area contributed by atoms with E-state index in [1.807, 2.05) is 0 Å². The van der Waals surface area contributed by atoms with Crippen LogP contribution in [0.25, 0.3) is 0 Å². The molecule has 1 aromatic carbocycles. The number of thiocarbonyl (C=S) groups is 1. The lowest BCUT2D eigenvalue weighted by molar-refractivity contribution is -0.957. The third kappa shape index (κ3) is 6.03. The number of nitrogens with one attached hydrogen (secondary N) is 3. The normalized spacial score (nSPS) is 20.4. The summed E-state index contributed by atoms with van der Waals surface area (Å²) in [5, 5.41) is 7.27. The van der Waals surface area contributed by atoms with Crippen molar-refractivity contribution in [3.05, 3.63) is 24.3 Å². The number of quaternary nitrogens is 1. The van der Waals surface area contributed by atoms with Crippen LogP contribution in [0.1, 0.15) is 51.4 Å². The quantitative estimate of drug-likeness (QED) is 0.484. The number of alkyl halides is 2. The molecule has 1 aliphatic carbocycles. The summed E-state index contributed by atoms with van der Waals surface area (Å²) in [5.41, 5.74) is 1.14. The topological polar surface area (TPSA) is 28.5 Å². The summed E-state index contributed by atoms with van der Waals surface area (Å²) in [6.45, 7) is 3.48. The van der Waals surface area contributed by atoms with E-state index >= 15 is 0 Å². The van der Waals surface area contributed by atoms with Crippen LogP contribution in [0.3, 0.4) is 0 Å². The van der Waals surface area contributed by atoms with Crippen LogP contribution in [0, 0.1) is 0 Å². The molecule has 0 amide bonds. The minimum atomic E-state index is -2.39. The average Bonchev–Trinajstić information content (AvgIpc) is 2.69. The van der Waals surface area contributed by atoms with E-state index in [-0.39, 0.29) is 0 Å². The number of benzene rings is 1. The molecule has 1 aliphatic heterocycles. The first-order valence-corrected chi connectivity index (χ1v) is 11.3. The number of likely N-dealkylation sites (tertiary alicyclic amines) is 1. The van der Waals surface area contributed by atoms with Gasteiger partial charge in [-0.25, -0.2) is 0 Å². The van der Waals surface area contributed by atoms with Crippen molar-refractivity contribution >= 4 is 34.8 Å². The predicted octanol–water partition coefficient (Wildman–Crippen LogP) is 4.06. The average molecular weight is 415 g/mol. The molecule has 150 valence electrons. The Labute approximate surface area is 170 Å². The number of rotatable bonds is 6. The Morgan fingerprint density at radius 2 is 1.67 bits per heavy atom. The van der Waals surface area contributed by atoms with Gasteiger partial charge in [-0.05, 0) is 68.6 Å². The molecule has 3 nitrogen and oxygen atoms in total. The largest absolute Gasteiger partial charge is 0.356 e. The Morgan fingerprint density at radius 1 is 1.04 bits per heavy atom. The molecule has 0 spiro atoms.